The van der Waals surface area contributed by atoms with Gasteiger partial charge in [-0.1, -0.05) is 57.0 Å². The van der Waals surface area contributed by atoms with Gasteiger partial charge in [-0.3, -0.25) is 4.98 Å². The highest BCUT2D eigenvalue weighted by Gasteiger charge is 2.12. The summed E-state index contributed by atoms with van der Waals surface area (Å²) in [6.45, 7) is 4.98. The SMILES string of the molecule is CCCCCc1nc(CC)nn1Cc1ccc(-c2ccccc2-c2nnn[nH]2)nc1. The molecule has 4 aromatic rings. The second kappa shape index (κ2) is 9.39. The molecule has 0 aliphatic heterocycles. The molecule has 0 radical (unpaired) electrons. The first-order chi connectivity index (χ1) is 14.8. The van der Waals surface area contributed by atoms with Gasteiger partial charge in [0, 0.05) is 30.2 Å². The predicted molar refractivity (Wildman–Crippen MR) is 115 cm³/mol. The van der Waals surface area contributed by atoms with Crippen LogP contribution in [0.3, 0.4) is 0 Å². The highest BCUT2D eigenvalue weighted by Crippen LogP contribution is 2.28. The number of H-pyrrole nitrogens is 1. The average Bonchev–Trinajstić information content (AvgIpc) is 3.45. The number of unbranched alkanes of at least 4 members (excludes halogenated alkanes) is 2. The lowest BCUT2D eigenvalue weighted by atomic mass is 10.0. The second-order valence-electron chi connectivity index (χ2n) is 7.26. The van der Waals surface area contributed by atoms with Crippen molar-refractivity contribution < 1.29 is 0 Å². The topological polar surface area (TPSA) is 98.1 Å². The van der Waals surface area contributed by atoms with E-state index in [1.807, 2.05) is 41.2 Å². The van der Waals surface area contributed by atoms with Crippen LogP contribution >= 0.6 is 0 Å². The number of aryl methyl sites for hydroxylation is 2. The first kappa shape index (κ1) is 19.9. The Balaban J connectivity index is 1.55. The minimum Gasteiger partial charge on any atom is -0.256 e. The van der Waals surface area contributed by atoms with Crippen LogP contribution in [0.4, 0.5) is 0 Å². The van der Waals surface area contributed by atoms with Gasteiger partial charge in [0.1, 0.15) is 5.82 Å². The summed E-state index contributed by atoms with van der Waals surface area (Å²) in [6.07, 6.45) is 7.27. The fourth-order valence-electron chi connectivity index (χ4n) is 3.46. The predicted octanol–water partition coefficient (Wildman–Crippen LogP) is 3.86. The monoisotopic (exact) mass is 402 g/mol. The first-order valence-electron chi connectivity index (χ1n) is 10.5. The van der Waals surface area contributed by atoms with Crippen molar-refractivity contribution in [1.82, 2.24) is 40.4 Å². The van der Waals surface area contributed by atoms with E-state index in [4.69, 9.17) is 9.97 Å². The summed E-state index contributed by atoms with van der Waals surface area (Å²) in [6, 6.07) is 12.1. The van der Waals surface area contributed by atoms with Gasteiger partial charge in [0.25, 0.3) is 0 Å². The molecule has 1 N–H and O–H groups in total. The van der Waals surface area contributed by atoms with E-state index in [1.54, 1.807) is 0 Å². The largest absolute Gasteiger partial charge is 0.256 e. The lowest BCUT2D eigenvalue weighted by Crippen LogP contribution is -2.07. The van der Waals surface area contributed by atoms with E-state index in [-0.39, 0.29) is 0 Å². The number of pyridine rings is 1. The molecule has 1 aromatic carbocycles. The van der Waals surface area contributed by atoms with Crippen LogP contribution < -0.4 is 0 Å². The van der Waals surface area contributed by atoms with Gasteiger partial charge in [-0.15, -0.1) is 5.10 Å². The smallest absolute Gasteiger partial charge is 0.180 e. The van der Waals surface area contributed by atoms with Crippen LogP contribution in [0.25, 0.3) is 22.6 Å². The molecule has 0 bridgehead atoms. The summed E-state index contributed by atoms with van der Waals surface area (Å²) in [5, 5.41) is 18.9. The number of nitrogens with zero attached hydrogens (tertiary/aromatic N) is 7. The zero-order chi connectivity index (χ0) is 20.8. The number of hydrogen-bond acceptors (Lipinski definition) is 6. The van der Waals surface area contributed by atoms with Crippen LogP contribution in [-0.4, -0.2) is 40.4 Å². The summed E-state index contributed by atoms with van der Waals surface area (Å²) in [5.41, 5.74) is 3.88. The molecule has 8 heteroatoms. The van der Waals surface area contributed by atoms with E-state index in [2.05, 4.69) is 45.6 Å². The minimum absolute atomic E-state index is 0.628. The Morgan fingerprint density at radius 3 is 2.57 bits per heavy atom. The van der Waals surface area contributed by atoms with Crippen molar-refractivity contribution in [3.8, 4) is 22.6 Å². The molecule has 3 aromatic heterocycles. The molecule has 0 spiro atoms. The average molecular weight is 403 g/mol. The lowest BCUT2D eigenvalue weighted by molar-refractivity contribution is 0.603. The van der Waals surface area contributed by atoms with E-state index < -0.39 is 0 Å². The Morgan fingerprint density at radius 2 is 1.87 bits per heavy atom. The number of benzene rings is 1. The van der Waals surface area contributed by atoms with Crippen molar-refractivity contribution in [2.75, 3.05) is 0 Å². The van der Waals surface area contributed by atoms with Crippen molar-refractivity contribution >= 4 is 0 Å². The zero-order valence-corrected chi connectivity index (χ0v) is 17.4. The third-order valence-electron chi connectivity index (χ3n) is 5.07. The van der Waals surface area contributed by atoms with Gasteiger partial charge in [-0.05, 0) is 28.5 Å². The van der Waals surface area contributed by atoms with Crippen molar-refractivity contribution in [1.29, 1.82) is 0 Å². The van der Waals surface area contributed by atoms with Crippen molar-refractivity contribution in [2.24, 2.45) is 0 Å². The fraction of sp³-hybridized carbons (Fsp3) is 0.364. The van der Waals surface area contributed by atoms with Crippen molar-refractivity contribution in [3.05, 3.63) is 59.8 Å². The molecule has 0 amide bonds. The van der Waals surface area contributed by atoms with Crippen LogP contribution in [0.15, 0.2) is 42.6 Å². The molecule has 3 heterocycles. The maximum absolute atomic E-state index is 4.71. The molecule has 0 saturated carbocycles. The third kappa shape index (κ3) is 4.42. The van der Waals surface area contributed by atoms with Gasteiger partial charge in [0.05, 0.1) is 12.2 Å². The van der Waals surface area contributed by atoms with E-state index >= 15 is 0 Å². The number of hydrogen-bond donors (Lipinski definition) is 1. The highest BCUT2D eigenvalue weighted by atomic mass is 15.5. The van der Waals surface area contributed by atoms with Gasteiger partial charge >= 0.3 is 0 Å². The Labute approximate surface area is 175 Å². The van der Waals surface area contributed by atoms with Gasteiger partial charge in [-0.25, -0.2) is 14.8 Å². The number of rotatable bonds is 9. The number of tetrazole rings is 1. The second-order valence-corrected chi connectivity index (χ2v) is 7.26. The molecule has 0 unspecified atom stereocenters. The summed E-state index contributed by atoms with van der Waals surface area (Å²) in [4.78, 5) is 9.41. The van der Waals surface area contributed by atoms with E-state index in [9.17, 15) is 0 Å². The quantitative estimate of drug-likeness (QED) is 0.427. The third-order valence-corrected chi connectivity index (χ3v) is 5.07. The van der Waals surface area contributed by atoms with Crippen LogP contribution in [0.1, 0.15) is 50.3 Å². The molecule has 0 fully saturated rings. The molecule has 154 valence electrons. The standard InChI is InChI=1S/C22H26N8/c1-3-5-6-11-21-24-20(4-2)27-30(21)15-16-12-13-19(23-14-16)17-9-7-8-10-18(17)22-25-28-29-26-22/h7-10,12-14H,3-6,11,15H2,1-2H3,(H,25,26,28,29). The van der Waals surface area contributed by atoms with E-state index in [0.717, 1.165) is 53.3 Å². The lowest BCUT2D eigenvalue weighted by Gasteiger charge is -2.09. The molecule has 0 saturated heterocycles. The Kier molecular flexibility index (Phi) is 6.22. The van der Waals surface area contributed by atoms with Gasteiger partial charge in [0.15, 0.2) is 11.6 Å². The Hall–Kier alpha value is -3.42. The Bertz CT molecular complexity index is 1070. The highest BCUT2D eigenvalue weighted by molar-refractivity contribution is 5.78. The molecular formula is C22H26N8. The number of aromatic amines is 1. The van der Waals surface area contributed by atoms with E-state index in [0.29, 0.717) is 12.4 Å². The molecule has 0 aliphatic rings. The van der Waals surface area contributed by atoms with Gasteiger partial charge < -0.3 is 0 Å². The molecule has 0 atom stereocenters. The summed E-state index contributed by atoms with van der Waals surface area (Å²) in [7, 11) is 0. The molecule has 0 aliphatic carbocycles. The molecule has 30 heavy (non-hydrogen) atoms. The summed E-state index contributed by atoms with van der Waals surface area (Å²) in [5.74, 6) is 2.59. The maximum atomic E-state index is 4.71. The van der Waals surface area contributed by atoms with Crippen molar-refractivity contribution in [2.45, 2.75) is 52.5 Å². The molecule has 8 nitrogen and oxygen atoms in total. The van der Waals surface area contributed by atoms with Gasteiger partial charge in [0.2, 0.25) is 0 Å². The summed E-state index contributed by atoms with van der Waals surface area (Å²) < 4.78 is 2.03. The Morgan fingerprint density at radius 1 is 1.00 bits per heavy atom. The molecule has 4 rings (SSSR count). The number of nitrogens with one attached hydrogen (secondary N) is 1. The van der Waals surface area contributed by atoms with Gasteiger partial charge in [-0.2, -0.15) is 5.10 Å². The van der Waals surface area contributed by atoms with Crippen LogP contribution in [0.2, 0.25) is 0 Å². The first-order valence-corrected chi connectivity index (χ1v) is 10.5. The zero-order valence-electron chi connectivity index (χ0n) is 17.4. The van der Waals surface area contributed by atoms with Crippen LogP contribution in [0.5, 0.6) is 0 Å². The van der Waals surface area contributed by atoms with Crippen molar-refractivity contribution in [3.63, 3.8) is 0 Å². The maximum Gasteiger partial charge on any atom is 0.180 e. The normalized spacial score (nSPS) is 11.1. The fourth-order valence-corrected chi connectivity index (χ4v) is 3.46. The molecular weight excluding hydrogens is 376 g/mol. The van der Waals surface area contributed by atoms with E-state index in [1.165, 1.54) is 12.8 Å². The van der Waals surface area contributed by atoms with Crippen LogP contribution in [-0.2, 0) is 19.4 Å². The summed E-state index contributed by atoms with van der Waals surface area (Å²) >= 11 is 0. The minimum atomic E-state index is 0.628. The number of aromatic nitrogens is 8. The van der Waals surface area contributed by atoms with Crippen LogP contribution in [0, 0.1) is 0 Å².